The van der Waals surface area contributed by atoms with Gasteiger partial charge in [-0.15, -0.1) is 12.4 Å². The Labute approximate surface area is 131 Å². The molecular formula is C13H15BrClN3O2. The van der Waals surface area contributed by atoms with Crippen molar-refractivity contribution < 1.29 is 9.26 Å². The maximum Gasteiger partial charge on any atom is 0.231 e. The second-order valence-electron chi connectivity index (χ2n) is 4.43. The summed E-state index contributed by atoms with van der Waals surface area (Å²) in [7, 11) is 0. The molecule has 5 nitrogen and oxygen atoms in total. The van der Waals surface area contributed by atoms with Crippen molar-refractivity contribution in [1.29, 1.82) is 0 Å². The van der Waals surface area contributed by atoms with Crippen LogP contribution in [0, 0.1) is 0 Å². The second-order valence-corrected chi connectivity index (χ2v) is 5.35. The molecule has 7 heteroatoms. The van der Waals surface area contributed by atoms with Gasteiger partial charge < -0.3 is 14.6 Å². The van der Waals surface area contributed by atoms with Gasteiger partial charge in [0.05, 0.1) is 25.7 Å². The van der Waals surface area contributed by atoms with E-state index < -0.39 is 0 Å². The largest absolute Gasteiger partial charge is 0.378 e. The van der Waals surface area contributed by atoms with Crippen LogP contribution in [0.1, 0.15) is 23.3 Å². The topological polar surface area (TPSA) is 60.2 Å². The van der Waals surface area contributed by atoms with Crippen LogP contribution in [-0.4, -0.2) is 29.9 Å². The standard InChI is InChI=1S/C13H14BrN3O2.ClH/c14-10-3-1-2-9(6-10)7-12-16-13(17-19-12)11-8-18-5-4-15-11;/h1-3,6,11,15H,4-5,7-8H2;1H. The van der Waals surface area contributed by atoms with Gasteiger partial charge in [0.1, 0.15) is 0 Å². The molecule has 1 unspecified atom stereocenters. The monoisotopic (exact) mass is 359 g/mol. The van der Waals surface area contributed by atoms with Crippen molar-refractivity contribution in [3.63, 3.8) is 0 Å². The maximum absolute atomic E-state index is 5.39. The number of ether oxygens (including phenoxy) is 1. The lowest BCUT2D eigenvalue weighted by atomic mass is 10.1. The number of nitrogens with zero attached hydrogens (tertiary/aromatic N) is 2. The molecule has 1 aliphatic heterocycles. The summed E-state index contributed by atoms with van der Waals surface area (Å²) in [6.45, 7) is 2.15. The van der Waals surface area contributed by atoms with Gasteiger partial charge in [0, 0.05) is 11.0 Å². The smallest absolute Gasteiger partial charge is 0.231 e. The van der Waals surface area contributed by atoms with Crippen LogP contribution in [0.5, 0.6) is 0 Å². The van der Waals surface area contributed by atoms with E-state index in [4.69, 9.17) is 9.26 Å². The number of halogens is 2. The molecule has 0 bridgehead atoms. The summed E-state index contributed by atoms with van der Waals surface area (Å²) in [6, 6.07) is 8.11. The molecule has 0 spiro atoms. The number of rotatable bonds is 3. The fraction of sp³-hybridized carbons (Fsp3) is 0.385. The van der Waals surface area contributed by atoms with Gasteiger partial charge in [0.15, 0.2) is 5.82 Å². The van der Waals surface area contributed by atoms with Gasteiger partial charge in [0.25, 0.3) is 0 Å². The molecule has 1 N–H and O–H groups in total. The molecule has 1 aromatic carbocycles. The highest BCUT2D eigenvalue weighted by molar-refractivity contribution is 9.10. The van der Waals surface area contributed by atoms with Gasteiger partial charge in [0.2, 0.25) is 5.89 Å². The Bertz CT molecular complexity index is 558. The summed E-state index contributed by atoms with van der Waals surface area (Å²) in [5.41, 5.74) is 1.14. The minimum absolute atomic E-state index is 0. The highest BCUT2D eigenvalue weighted by Gasteiger charge is 2.20. The Morgan fingerprint density at radius 3 is 3.05 bits per heavy atom. The van der Waals surface area contributed by atoms with Crippen molar-refractivity contribution >= 4 is 28.3 Å². The number of nitrogens with one attached hydrogen (secondary N) is 1. The molecule has 0 amide bonds. The summed E-state index contributed by atoms with van der Waals surface area (Å²) in [6.07, 6.45) is 0.639. The Kier molecular flexibility index (Phi) is 5.54. The van der Waals surface area contributed by atoms with Crippen molar-refractivity contribution in [3.8, 4) is 0 Å². The lowest BCUT2D eigenvalue weighted by Crippen LogP contribution is -2.35. The zero-order chi connectivity index (χ0) is 13.1. The van der Waals surface area contributed by atoms with Crippen LogP contribution < -0.4 is 5.32 Å². The lowest BCUT2D eigenvalue weighted by molar-refractivity contribution is 0.0734. The number of morpholine rings is 1. The minimum Gasteiger partial charge on any atom is -0.378 e. The lowest BCUT2D eigenvalue weighted by Gasteiger charge is -2.20. The van der Waals surface area contributed by atoms with E-state index in [0.29, 0.717) is 24.7 Å². The molecule has 1 aliphatic rings. The summed E-state index contributed by atoms with van der Waals surface area (Å²) in [5, 5.41) is 7.32. The van der Waals surface area contributed by atoms with E-state index in [1.54, 1.807) is 0 Å². The summed E-state index contributed by atoms with van der Waals surface area (Å²) < 4.78 is 11.7. The van der Waals surface area contributed by atoms with Crippen molar-refractivity contribution in [1.82, 2.24) is 15.5 Å². The molecule has 1 aromatic heterocycles. The first-order chi connectivity index (χ1) is 9.31. The van der Waals surface area contributed by atoms with Gasteiger partial charge in [-0.1, -0.05) is 33.2 Å². The maximum atomic E-state index is 5.39. The molecule has 0 radical (unpaired) electrons. The molecule has 2 aromatic rings. The predicted octanol–water partition coefficient (Wildman–Crippen LogP) is 2.51. The van der Waals surface area contributed by atoms with Crippen LogP contribution in [0.4, 0.5) is 0 Å². The average molecular weight is 361 g/mol. The summed E-state index contributed by atoms with van der Waals surface area (Å²) >= 11 is 3.45. The molecule has 3 rings (SSSR count). The Morgan fingerprint density at radius 1 is 1.40 bits per heavy atom. The van der Waals surface area contributed by atoms with Crippen molar-refractivity contribution in [2.45, 2.75) is 12.5 Å². The molecule has 108 valence electrons. The van der Waals surface area contributed by atoms with E-state index in [9.17, 15) is 0 Å². The summed E-state index contributed by atoms with van der Waals surface area (Å²) in [5.74, 6) is 1.30. The van der Waals surface area contributed by atoms with E-state index in [1.165, 1.54) is 0 Å². The third kappa shape index (κ3) is 3.79. The van der Waals surface area contributed by atoms with E-state index in [2.05, 4.69) is 31.4 Å². The van der Waals surface area contributed by atoms with Gasteiger partial charge in [-0.3, -0.25) is 0 Å². The molecule has 0 aliphatic carbocycles. The number of hydrogen-bond acceptors (Lipinski definition) is 5. The Morgan fingerprint density at radius 2 is 2.30 bits per heavy atom. The van der Waals surface area contributed by atoms with Gasteiger partial charge >= 0.3 is 0 Å². The van der Waals surface area contributed by atoms with E-state index in [1.807, 2.05) is 24.3 Å². The van der Waals surface area contributed by atoms with Crippen LogP contribution in [-0.2, 0) is 11.2 Å². The van der Waals surface area contributed by atoms with E-state index in [0.717, 1.165) is 23.2 Å². The number of hydrogen-bond donors (Lipinski definition) is 1. The van der Waals surface area contributed by atoms with Crippen LogP contribution >= 0.6 is 28.3 Å². The van der Waals surface area contributed by atoms with Crippen LogP contribution in [0.15, 0.2) is 33.3 Å². The average Bonchev–Trinajstić information content (AvgIpc) is 2.88. The highest BCUT2D eigenvalue weighted by Crippen LogP contribution is 2.16. The molecule has 1 fully saturated rings. The molecule has 20 heavy (non-hydrogen) atoms. The van der Waals surface area contributed by atoms with Crippen molar-refractivity contribution in [3.05, 3.63) is 46.0 Å². The first kappa shape index (κ1) is 15.4. The first-order valence-corrected chi connectivity index (χ1v) is 6.98. The van der Waals surface area contributed by atoms with Crippen molar-refractivity contribution in [2.75, 3.05) is 19.8 Å². The Hall–Kier alpha value is -0.950. The minimum atomic E-state index is 0. The summed E-state index contributed by atoms with van der Waals surface area (Å²) in [4.78, 5) is 4.42. The number of benzene rings is 1. The highest BCUT2D eigenvalue weighted by atomic mass is 79.9. The van der Waals surface area contributed by atoms with E-state index >= 15 is 0 Å². The third-order valence-electron chi connectivity index (χ3n) is 2.96. The normalized spacial score (nSPS) is 18.6. The molecule has 1 atom stereocenters. The number of aromatic nitrogens is 2. The van der Waals surface area contributed by atoms with Crippen molar-refractivity contribution in [2.24, 2.45) is 0 Å². The molecule has 2 heterocycles. The Balaban J connectivity index is 0.00000147. The van der Waals surface area contributed by atoms with Crippen LogP contribution in [0.2, 0.25) is 0 Å². The van der Waals surface area contributed by atoms with Gasteiger partial charge in [-0.05, 0) is 17.7 Å². The van der Waals surface area contributed by atoms with Crippen LogP contribution in [0.25, 0.3) is 0 Å². The van der Waals surface area contributed by atoms with Gasteiger partial charge in [-0.2, -0.15) is 4.98 Å². The van der Waals surface area contributed by atoms with Crippen LogP contribution in [0.3, 0.4) is 0 Å². The molecular weight excluding hydrogens is 346 g/mol. The fourth-order valence-electron chi connectivity index (χ4n) is 2.03. The molecule has 0 saturated carbocycles. The second kappa shape index (κ2) is 7.17. The zero-order valence-corrected chi connectivity index (χ0v) is 13.1. The zero-order valence-electron chi connectivity index (χ0n) is 10.7. The third-order valence-corrected chi connectivity index (χ3v) is 3.45. The first-order valence-electron chi connectivity index (χ1n) is 6.19. The fourth-order valence-corrected chi connectivity index (χ4v) is 2.48. The van der Waals surface area contributed by atoms with Gasteiger partial charge in [-0.25, -0.2) is 0 Å². The SMILES string of the molecule is Brc1cccc(Cc2nc(C3COCCN3)no2)c1.Cl. The molecule has 1 saturated heterocycles. The quantitative estimate of drug-likeness (QED) is 0.911. The van der Waals surface area contributed by atoms with E-state index in [-0.39, 0.29) is 18.4 Å². The predicted molar refractivity (Wildman–Crippen MR) is 80.1 cm³/mol.